The topological polar surface area (TPSA) is 34.9 Å². The number of aromatic nitrogens is 2. The lowest BCUT2D eigenvalue weighted by Gasteiger charge is -2.03. The molecule has 1 aromatic heterocycles. The van der Waals surface area contributed by atoms with Gasteiger partial charge in [0.25, 0.3) is 0 Å². The highest BCUT2D eigenvalue weighted by Gasteiger charge is 2.14. The van der Waals surface area contributed by atoms with Gasteiger partial charge in [-0.05, 0) is 31.5 Å². The number of rotatable bonds is 4. The van der Waals surface area contributed by atoms with Crippen molar-refractivity contribution in [2.45, 2.75) is 26.7 Å². The number of carbonyl (C=O) groups excluding carboxylic acids is 1. The summed E-state index contributed by atoms with van der Waals surface area (Å²) in [6, 6.07) is 3.54. The number of aryl methyl sites for hydroxylation is 2. The zero-order valence-corrected chi connectivity index (χ0v) is 11.7. The molecule has 2 aromatic rings. The molecular formula is C15H16F2N2O. The number of carbonyl (C=O) groups is 1. The van der Waals surface area contributed by atoms with E-state index in [9.17, 15) is 13.6 Å². The number of halogens is 2. The molecule has 0 saturated carbocycles. The van der Waals surface area contributed by atoms with Crippen molar-refractivity contribution in [2.75, 3.05) is 0 Å². The molecule has 0 fully saturated rings. The van der Waals surface area contributed by atoms with Gasteiger partial charge in [0.1, 0.15) is 5.78 Å². The Bertz CT molecular complexity index is 662. The lowest BCUT2D eigenvalue weighted by molar-refractivity contribution is -0.117. The normalized spacial score (nSPS) is 10.8. The fourth-order valence-corrected chi connectivity index (χ4v) is 2.21. The summed E-state index contributed by atoms with van der Waals surface area (Å²) in [6.07, 6.45) is 0.343. The van der Waals surface area contributed by atoms with Gasteiger partial charge >= 0.3 is 0 Å². The first kappa shape index (κ1) is 14.4. The van der Waals surface area contributed by atoms with Crippen LogP contribution in [0.1, 0.15) is 22.5 Å². The number of hydrogen-bond acceptors (Lipinski definition) is 2. The summed E-state index contributed by atoms with van der Waals surface area (Å²) in [7, 11) is 1.83. The van der Waals surface area contributed by atoms with Gasteiger partial charge in [-0.15, -0.1) is 0 Å². The molecule has 0 amide bonds. The van der Waals surface area contributed by atoms with Gasteiger partial charge in [-0.25, -0.2) is 8.78 Å². The first-order chi connectivity index (χ1) is 9.38. The van der Waals surface area contributed by atoms with Gasteiger partial charge in [0, 0.05) is 31.1 Å². The Kier molecular flexibility index (Phi) is 3.97. The van der Waals surface area contributed by atoms with E-state index in [0.29, 0.717) is 5.56 Å². The van der Waals surface area contributed by atoms with Gasteiger partial charge in [-0.3, -0.25) is 9.48 Å². The van der Waals surface area contributed by atoms with Crippen LogP contribution in [0.5, 0.6) is 0 Å². The Labute approximate surface area is 116 Å². The van der Waals surface area contributed by atoms with Gasteiger partial charge in [-0.1, -0.05) is 6.07 Å². The molecule has 1 aromatic carbocycles. The summed E-state index contributed by atoms with van der Waals surface area (Å²) in [4.78, 5) is 12.0. The standard InChI is InChI=1S/C15H16F2N2O/c1-9-13(10(2)19(3)18-9)8-12(20)6-11-4-5-14(16)15(17)7-11/h4-5,7H,6,8H2,1-3H3. The monoisotopic (exact) mass is 278 g/mol. The lowest BCUT2D eigenvalue weighted by Crippen LogP contribution is -2.08. The minimum absolute atomic E-state index is 0.0461. The van der Waals surface area contributed by atoms with Crippen LogP contribution in [0.3, 0.4) is 0 Å². The summed E-state index contributed by atoms with van der Waals surface area (Å²) in [5.74, 6) is -1.88. The van der Waals surface area contributed by atoms with Crippen LogP contribution < -0.4 is 0 Å². The molecule has 0 saturated heterocycles. The lowest BCUT2D eigenvalue weighted by atomic mass is 10.0. The van der Waals surface area contributed by atoms with Crippen LogP contribution in [0.2, 0.25) is 0 Å². The Morgan fingerprint density at radius 2 is 1.90 bits per heavy atom. The molecular weight excluding hydrogens is 262 g/mol. The third kappa shape index (κ3) is 2.92. The van der Waals surface area contributed by atoms with E-state index in [1.54, 1.807) is 4.68 Å². The molecule has 0 spiro atoms. The summed E-state index contributed by atoms with van der Waals surface area (Å²) in [6.45, 7) is 3.76. The molecule has 0 unspecified atom stereocenters. The molecule has 0 radical (unpaired) electrons. The van der Waals surface area contributed by atoms with Crippen molar-refractivity contribution in [3.05, 3.63) is 52.3 Å². The van der Waals surface area contributed by atoms with E-state index in [4.69, 9.17) is 0 Å². The van der Waals surface area contributed by atoms with Gasteiger partial charge in [0.15, 0.2) is 11.6 Å². The van der Waals surface area contributed by atoms with Crippen molar-refractivity contribution in [2.24, 2.45) is 7.05 Å². The van der Waals surface area contributed by atoms with E-state index in [2.05, 4.69) is 5.10 Å². The first-order valence-corrected chi connectivity index (χ1v) is 6.33. The van der Waals surface area contributed by atoms with Crippen LogP contribution in [-0.2, 0) is 24.7 Å². The van der Waals surface area contributed by atoms with Crippen molar-refractivity contribution >= 4 is 5.78 Å². The molecule has 106 valence electrons. The van der Waals surface area contributed by atoms with Crippen LogP contribution in [-0.4, -0.2) is 15.6 Å². The largest absolute Gasteiger partial charge is 0.299 e. The Morgan fingerprint density at radius 1 is 1.20 bits per heavy atom. The van der Waals surface area contributed by atoms with Crippen LogP contribution >= 0.6 is 0 Å². The SMILES string of the molecule is Cc1nn(C)c(C)c1CC(=O)Cc1ccc(F)c(F)c1. The Morgan fingerprint density at radius 3 is 2.45 bits per heavy atom. The minimum Gasteiger partial charge on any atom is -0.299 e. The second-order valence-corrected chi connectivity index (χ2v) is 4.91. The van der Waals surface area contributed by atoms with E-state index < -0.39 is 11.6 Å². The first-order valence-electron chi connectivity index (χ1n) is 6.33. The van der Waals surface area contributed by atoms with Gasteiger partial charge < -0.3 is 0 Å². The molecule has 0 N–H and O–H groups in total. The van der Waals surface area contributed by atoms with Crippen LogP contribution in [0.25, 0.3) is 0 Å². The second kappa shape index (κ2) is 5.53. The van der Waals surface area contributed by atoms with E-state index in [0.717, 1.165) is 29.1 Å². The van der Waals surface area contributed by atoms with E-state index in [1.165, 1.54) is 6.07 Å². The molecule has 2 rings (SSSR count). The minimum atomic E-state index is -0.927. The van der Waals surface area contributed by atoms with E-state index in [-0.39, 0.29) is 18.6 Å². The van der Waals surface area contributed by atoms with Crippen molar-refractivity contribution in [3.63, 3.8) is 0 Å². The molecule has 0 atom stereocenters. The zero-order chi connectivity index (χ0) is 14.9. The Balaban J connectivity index is 2.11. The molecule has 0 aliphatic carbocycles. The smallest absolute Gasteiger partial charge is 0.159 e. The quantitative estimate of drug-likeness (QED) is 0.861. The average Bonchev–Trinajstić information content (AvgIpc) is 2.61. The maximum Gasteiger partial charge on any atom is 0.159 e. The number of benzene rings is 1. The van der Waals surface area contributed by atoms with Crippen molar-refractivity contribution in [3.8, 4) is 0 Å². The van der Waals surface area contributed by atoms with Gasteiger partial charge in [0.05, 0.1) is 5.69 Å². The fourth-order valence-electron chi connectivity index (χ4n) is 2.21. The molecule has 0 bridgehead atoms. The van der Waals surface area contributed by atoms with Crippen LogP contribution in [0.15, 0.2) is 18.2 Å². The Hall–Kier alpha value is -2.04. The van der Waals surface area contributed by atoms with E-state index in [1.807, 2.05) is 20.9 Å². The van der Waals surface area contributed by atoms with Gasteiger partial charge in [-0.2, -0.15) is 5.10 Å². The van der Waals surface area contributed by atoms with Crippen molar-refractivity contribution < 1.29 is 13.6 Å². The maximum absolute atomic E-state index is 13.1. The highest BCUT2D eigenvalue weighted by molar-refractivity contribution is 5.83. The number of nitrogens with zero attached hydrogens (tertiary/aromatic N) is 2. The second-order valence-electron chi connectivity index (χ2n) is 4.91. The third-order valence-corrected chi connectivity index (χ3v) is 3.42. The number of Topliss-reactive ketones (excluding diaryl/α,β-unsaturated/α-hetero) is 1. The van der Waals surface area contributed by atoms with E-state index >= 15 is 0 Å². The predicted molar refractivity (Wildman–Crippen MR) is 71.5 cm³/mol. The maximum atomic E-state index is 13.1. The third-order valence-electron chi connectivity index (χ3n) is 3.42. The molecule has 0 aliphatic heterocycles. The zero-order valence-electron chi connectivity index (χ0n) is 11.7. The summed E-state index contributed by atoms with van der Waals surface area (Å²) in [5.41, 5.74) is 3.15. The molecule has 1 heterocycles. The molecule has 20 heavy (non-hydrogen) atoms. The summed E-state index contributed by atoms with van der Waals surface area (Å²) < 4.78 is 27.6. The average molecular weight is 278 g/mol. The highest BCUT2D eigenvalue weighted by Crippen LogP contribution is 2.15. The van der Waals surface area contributed by atoms with Crippen LogP contribution in [0.4, 0.5) is 8.78 Å². The number of hydrogen-bond donors (Lipinski definition) is 0. The summed E-state index contributed by atoms with van der Waals surface area (Å²) >= 11 is 0. The van der Waals surface area contributed by atoms with Gasteiger partial charge in [0.2, 0.25) is 0 Å². The molecule has 3 nitrogen and oxygen atoms in total. The molecule has 5 heteroatoms. The van der Waals surface area contributed by atoms with Crippen molar-refractivity contribution in [1.82, 2.24) is 9.78 Å². The predicted octanol–water partition coefficient (Wildman–Crippen LogP) is 2.67. The van der Waals surface area contributed by atoms with Crippen LogP contribution in [0, 0.1) is 25.5 Å². The fraction of sp³-hybridized carbons (Fsp3) is 0.333. The number of ketones is 1. The van der Waals surface area contributed by atoms with Crippen molar-refractivity contribution in [1.29, 1.82) is 0 Å². The molecule has 0 aliphatic rings. The summed E-state index contributed by atoms with van der Waals surface area (Å²) in [5, 5.41) is 4.25. The highest BCUT2D eigenvalue weighted by atomic mass is 19.2.